The molecule has 0 aromatic rings. The molecule has 0 fully saturated rings. The third kappa shape index (κ3) is 67.7. The molecule has 2 atom stereocenters. The first kappa shape index (κ1) is 80.6. The molecule has 0 saturated heterocycles. The van der Waals surface area contributed by atoms with Gasteiger partial charge in [-0.05, 0) is 51.4 Å². The van der Waals surface area contributed by atoms with Gasteiger partial charge in [-0.2, -0.15) is 0 Å². The Balaban J connectivity index is 3.33. The number of esters is 1. The SMILES string of the molecule is CCCCCCCC/C=C\CCCCCCCCCC(=O)OCCCCCCCCCCCCCCCCCCCCCCCCCCCCCCCC(=O)NC(CO)C(O)CCCCCCCCCCCCCCCCCCCCC. The Bertz CT molecular complexity index is 1240. The lowest BCUT2D eigenvalue weighted by atomic mass is 10.0. The Morgan fingerprint density at radius 2 is 0.573 bits per heavy atom. The van der Waals surface area contributed by atoms with Crippen LogP contribution in [-0.2, 0) is 14.3 Å². The molecule has 488 valence electrons. The number of allylic oxidation sites excluding steroid dienone is 2. The highest BCUT2D eigenvalue weighted by atomic mass is 16.5. The minimum atomic E-state index is -0.662. The number of ether oxygens (including phenoxy) is 1. The number of unbranched alkanes of at least 4 members (excludes halogenated alkanes) is 59. The number of hydrogen-bond donors (Lipinski definition) is 3. The number of carbonyl (C=O) groups excluding carboxylic acids is 2. The average Bonchev–Trinajstić information content (AvgIpc) is 3.48. The van der Waals surface area contributed by atoms with Gasteiger partial charge < -0.3 is 20.3 Å². The number of aliphatic hydroxyl groups is 2. The first-order valence-corrected chi connectivity index (χ1v) is 37.9. The van der Waals surface area contributed by atoms with Crippen molar-refractivity contribution in [2.24, 2.45) is 0 Å². The van der Waals surface area contributed by atoms with Gasteiger partial charge in [-0.3, -0.25) is 9.59 Å². The number of rotatable bonds is 72. The Hall–Kier alpha value is -1.40. The molecule has 0 radical (unpaired) electrons. The van der Waals surface area contributed by atoms with Gasteiger partial charge in [0.05, 0.1) is 25.4 Å². The number of carbonyl (C=O) groups is 2. The molecule has 6 heteroatoms. The van der Waals surface area contributed by atoms with E-state index >= 15 is 0 Å². The Morgan fingerprint density at radius 3 is 0.866 bits per heavy atom. The largest absolute Gasteiger partial charge is 0.466 e. The minimum Gasteiger partial charge on any atom is -0.466 e. The predicted octanol–water partition coefficient (Wildman–Crippen LogP) is 24.7. The molecule has 3 N–H and O–H groups in total. The van der Waals surface area contributed by atoms with Gasteiger partial charge in [0.25, 0.3) is 0 Å². The van der Waals surface area contributed by atoms with E-state index in [-0.39, 0.29) is 18.5 Å². The second kappa shape index (κ2) is 72.1. The summed E-state index contributed by atoms with van der Waals surface area (Å²) in [5.41, 5.74) is 0. The van der Waals surface area contributed by atoms with Crippen LogP contribution in [0, 0.1) is 0 Å². The van der Waals surface area contributed by atoms with Crippen LogP contribution in [0.5, 0.6) is 0 Å². The van der Waals surface area contributed by atoms with Gasteiger partial charge in [0.1, 0.15) is 0 Å². The Morgan fingerprint density at radius 1 is 0.329 bits per heavy atom. The molecule has 0 aliphatic carbocycles. The van der Waals surface area contributed by atoms with Crippen molar-refractivity contribution in [1.29, 1.82) is 0 Å². The fourth-order valence-corrected chi connectivity index (χ4v) is 12.3. The molecular weight excluding hydrogens is 1010 g/mol. The van der Waals surface area contributed by atoms with Crippen LogP contribution in [0.4, 0.5) is 0 Å². The highest BCUT2D eigenvalue weighted by Gasteiger charge is 2.20. The van der Waals surface area contributed by atoms with Gasteiger partial charge in [-0.1, -0.05) is 386 Å². The number of amides is 1. The fraction of sp³-hybridized carbons (Fsp3) is 0.947. The first-order valence-electron chi connectivity index (χ1n) is 37.9. The van der Waals surface area contributed by atoms with Crippen LogP contribution in [0.1, 0.15) is 438 Å². The molecule has 82 heavy (non-hydrogen) atoms. The van der Waals surface area contributed by atoms with Crippen molar-refractivity contribution in [3.63, 3.8) is 0 Å². The van der Waals surface area contributed by atoms with E-state index in [1.165, 1.54) is 360 Å². The molecule has 0 rings (SSSR count). The zero-order valence-corrected chi connectivity index (χ0v) is 56.0. The predicted molar refractivity (Wildman–Crippen MR) is 361 cm³/mol. The second-order valence-corrected chi connectivity index (χ2v) is 26.3. The van der Waals surface area contributed by atoms with Gasteiger partial charge in [0.2, 0.25) is 5.91 Å². The summed E-state index contributed by atoms with van der Waals surface area (Å²) in [7, 11) is 0. The highest BCUT2D eigenvalue weighted by Crippen LogP contribution is 2.20. The quantitative estimate of drug-likeness (QED) is 0.0320. The Labute approximate surface area is 514 Å². The van der Waals surface area contributed by atoms with E-state index in [0.29, 0.717) is 25.9 Å². The van der Waals surface area contributed by atoms with Gasteiger partial charge in [-0.15, -0.1) is 0 Å². The summed E-state index contributed by atoms with van der Waals surface area (Å²) in [4.78, 5) is 24.7. The van der Waals surface area contributed by atoms with E-state index in [1.807, 2.05) is 0 Å². The lowest BCUT2D eigenvalue weighted by molar-refractivity contribution is -0.143. The molecule has 0 heterocycles. The smallest absolute Gasteiger partial charge is 0.305 e. The van der Waals surface area contributed by atoms with E-state index in [0.717, 1.165) is 44.9 Å². The van der Waals surface area contributed by atoms with E-state index < -0.39 is 12.1 Å². The Kier molecular flexibility index (Phi) is 70.8. The van der Waals surface area contributed by atoms with Crippen molar-refractivity contribution in [1.82, 2.24) is 5.32 Å². The second-order valence-electron chi connectivity index (χ2n) is 26.3. The average molecular weight is 1160 g/mol. The maximum Gasteiger partial charge on any atom is 0.305 e. The molecule has 0 aliphatic heterocycles. The lowest BCUT2D eigenvalue weighted by Gasteiger charge is -2.22. The van der Waals surface area contributed by atoms with Crippen LogP contribution < -0.4 is 5.32 Å². The van der Waals surface area contributed by atoms with E-state index in [9.17, 15) is 19.8 Å². The molecule has 1 amide bonds. The summed E-state index contributed by atoms with van der Waals surface area (Å²) in [5, 5.41) is 23.4. The molecule has 0 aromatic heterocycles. The van der Waals surface area contributed by atoms with Crippen LogP contribution in [0.3, 0.4) is 0 Å². The van der Waals surface area contributed by atoms with Crippen molar-refractivity contribution in [3.8, 4) is 0 Å². The van der Waals surface area contributed by atoms with Crippen LogP contribution >= 0.6 is 0 Å². The molecule has 0 spiro atoms. The summed E-state index contributed by atoms with van der Waals surface area (Å²) in [6.07, 6.45) is 90.0. The van der Waals surface area contributed by atoms with Gasteiger partial charge >= 0.3 is 5.97 Å². The maximum absolute atomic E-state index is 12.5. The summed E-state index contributed by atoms with van der Waals surface area (Å²) in [5.74, 6) is -0.00908. The highest BCUT2D eigenvalue weighted by molar-refractivity contribution is 5.76. The van der Waals surface area contributed by atoms with Crippen molar-refractivity contribution >= 4 is 11.9 Å². The molecule has 0 aliphatic rings. The van der Waals surface area contributed by atoms with Gasteiger partial charge in [0, 0.05) is 12.8 Å². The van der Waals surface area contributed by atoms with Crippen molar-refractivity contribution in [3.05, 3.63) is 12.2 Å². The van der Waals surface area contributed by atoms with Crippen LogP contribution in [-0.4, -0.2) is 47.4 Å². The number of hydrogen-bond acceptors (Lipinski definition) is 5. The molecule has 6 nitrogen and oxygen atoms in total. The molecule has 0 bridgehead atoms. The fourth-order valence-electron chi connectivity index (χ4n) is 12.3. The molecular formula is C76H149NO5. The summed E-state index contributed by atoms with van der Waals surface area (Å²) in [6, 6.07) is -0.539. The van der Waals surface area contributed by atoms with Crippen LogP contribution in [0.15, 0.2) is 12.2 Å². The van der Waals surface area contributed by atoms with Crippen molar-refractivity contribution in [2.45, 2.75) is 450 Å². The van der Waals surface area contributed by atoms with Crippen LogP contribution in [0.2, 0.25) is 0 Å². The van der Waals surface area contributed by atoms with Crippen LogP contribution in [0.25, 0.3) is 0 Å². The minimum absolute atomic E-state index is 0.0174. The van der Waals surface area contributed by atoms with E-state index in [1.54, 1.807) is 0 Å². The van der Waals surface area contributed by atoms with Crippen molar-refractivity contribution in [2.75, 3.05) is 13.2 Å². The normalized spacial score (nSPS) is 12.5. The molecule has 0 saturated carbocycles. The molecule has 2 unspecified atom stereocenters. The maximum atomic E-state index is 12.5. The van der Waals surface area contributed by atoms with Crippen molar-refractivity contribution < 1.29 is 24.5 Å². The van der Waals surface area contributed by atoms with Gasteiger partial charge in [-0.25, -0.2) is 0 Å². The first-order chi connectivity index (χ1) is 40.5. The third-order valence-electron chi connectivity index (χ3n) is 18.1. The topological polar surface area (TPSA) is 95.9 Å². The number of aliphatic hydroxyl groups excluding tert-OH is 2. The standard InChI is InChI=1S/C76H149NO5/c1-3-5-7-9-11-13-15-17-19-21-33-37-40-44-48-52-56-60-64-68-74(79)73(72-78)77-75(80)69-65-61-57-53-49-45-41-38-34-31-29-27-25-23-22-24-26-28-30-32-35-39-43-47-51-55-59-63-67-71-82-76(81)70-66-62-58-54-50-46-42-36-20-18-16-14-12-10-8-6-4-2/h18,20,73-74,78-79H,3-17,19,21-72H2,1-2H3,(H,77,80)/b20-18-. The van der Waals surface area contributed by atoms with Gasteiger partial charge in [0.15, 0.2) is 0 Å². The number of nitrogens with one attached hydrogen (secondary N) is 1. The summed E-state index contributed by atoms with van der Waals surface area (Å²) < 4.78 is 5.51. The monoisotopic (exact) mass is 1160 g/mol. The third-order valence-corrected chi connectivity index (χ3v) is 18.1. The summed E-state index contributed by atoms with van der Waals surface area (Å²) >= 11 is 0. The zero-order chi connectivity index (χ0) is 59.2. The van der Waals surface area contributed by atoms with E-state index in [4.69, 9.17) is 4.74 Å². The summed E-state index contributed by atoms with van der Waals surface area (Å²) in [6.45, 7) is 5.00. The zero-order valence-electron chi connectivity index (χ0n) is 56.0. The molecule has 0 aromatic carbocycles. The lowest BCUT2D eigenvalue weighted by Crippen LogP contribution is -2.45. The van der Waals surface area contributed by atoms with E-state index in [2.05, 4.69) is 31.3 Å².